The number of piperidine rings is 1. The fourth-order valence-corrected chi connectivity index (χ4v) is 12.5. The Balaban J connectivity index is 0.673. The second-order valence-corrected chi connectivity index (χ2v) is 21.7. The third kappa shape index (κ3) is 10.3. The number of unbranched alkanes of at least 4 members (excludes halogenated alkanes) is 4. The summed E-state index contributed by atoms with van der Waals surface area (Å²) in [5.41, 5.74) is 0.898. The Kier molecular flexibility index (Phi) is 14.5. The first-order valence-electron chi connectivity index (χ1n) is 27.0. The summed E-state index contributed by atoms with van der Waals surface area (Å²) >= 11 is 0. The van der Waals surface area contributed by atoms with Gasteiger partial charge in [0, 0.05) is 87.0 Å². The van der Waals surface area contributed by atoms with Crippen LogP contribution in [0.15, 0.2) is 60.8 Å². The Bertz CT molecular complexity index is 3410. The first kappa shape index (κ1) is 52.9. The molecule has 4 unspecified atom stereocenters. The predicted molar refractivity (Wildman–Crippen MR) is 287 cm³/mol. The number of rotatable bonds is 17. The lowest BCUT2D eigenvalue weighted by Crippen LogP contribution is -2.54. The van der Waals surface area contributed by atoms with Crippen LogP contribution in [-0.4, -0.2) is 147 Å². The molecule has 5 atom stereocenters. The topological polar surface area (TPSA) is 229 Å². The van der Waals surface area contributed by atoms with Gasteiger partial charge in [0.1, 0.15) is 47.9 Å². The van der Waals surface area contributed by atoms with Crippen molar-refractivity contribution in [3.8, 4) is 35.4 Å². The number of carbonyl (C=O) groups excluding carboxylic acids is 6. The van der Waals surface area contributed by atoms with E-state index in [0.717, 1.165) is 61.8 Å². The summed E-state index contributed by atoms with van der Waals surface area (Å²) in [6.45, 7) is 7.00. The van der Waals surface area contributed by atoms with Gasteiger partial charge in [-0.25, -0.2) is 13.6 Å². The van der Waals surface area contributed by atoms with E-state index in [1.54, 1.807) is 11.9 Å². The van der Waals surface area contributed by atoms with Gasteiger partial charge in [-0.3, -0.25) is 44.1 Å². The lowest BCUT2D eigenvalue weighted by atomic mass is 9.94. The minimum atomic E-state index is -1.08. The van der Waals surface area contributed by atoms with Crippen molar-refractivity contribution in [1.82, 2.24) is 40.3 Å². The normalized spacial score (nSPS) is 22.6. The zero-order valence-corrected chi connectivity index (χ0v) is 43.7. The summed E-state index contributed by atoms with van der Waals surface area (Å²) < 4.78 is 44.8. The number of amides is 6. The molecule has 0 spiro atoms. The average molecular weight is 1080 g/mol. The molecule has 11 rings (SSSR count). The Morgan fingerprint density at radius 3 is 2.52 bits per heavy atom. The number of halogens is 2. The molecule has 8 heterocycles. The molecule has 6 aliphatic heterocycles. The first-order chi connectivity index (χ1) is 38.1. The summed E-state index contributed by atoms with van der Waals surface area (Å²) in [4.78, 5) is 97.3. The summed E-state index contributed by atoms with van der Waals surface area (Å²) in [6.07, 6.45) is 15.1. The van der Waals surface area contributed by atoms with Crippen molar-refractivity contribution < 1.29 is 52.1 Å². The quantitative estimate of drug-likeness (QED) is 0.0327. The Morgan fingerprint density at radius 1 is 0.962 bits per heavy atom. The maximum absolute atomic E-state index is 17.2. The summed E-state index contributed by atoms with van der Waals surface area (Å²) in [5.74, 6) is -1.43. The van der Waals surface area contributed by atoms with E-state index in [2.05, 4.69) is 48.2 Å². The van der Waals surface area contributed by atoms with E-state index >= 15 is 8.78 Å². The number of hydrogen-bond acceptors (Lipinski definition) is 15. The number of aromatic hydroxyl groups is 1. The predicted octanol–water partition coefficient (Wildman–Crippen LogP) is 6.74. The fraction of sp³-hybridized carbons (Fsp3) is 0.431. The van der Waals surface area contributed by atoms with Crippen molar-refractivity contribution >= 4 is 68.8 Å². The van der Waals surface area contributed by atoms with Gasteiger partial charge >= 0.3 is 12.1 Å². The number of nitrogens with one attached hydrogen (secondary N) is 3. The zero-order chi connectivity index (χ0) is 55.3. The fourth-order valence-electron chi connectivity index (χ4n) is 12.5. The number of benzene rings is 3. The van der Waals surface area contributed by atoms with Crippen LogP contribution >= 0.6 is 0 Å². The largest absolute Gasteiger partial charge is 0.508 e. The van der Waals surface area contributed by atoms with Gasteiger partial charge in [0.15, 0.2) is 5.82 Å². The number of ether oxygens (including phenoxy) is 2. The van der Waals surface area contributed by atoms with E-state index in [1.807, 2.05) is 0 Å². The molecule has 0 saturated carbocycles. The third-order valence-electron chi connectivity index (χ3n) is 16.4. The number of nitrogens with zero attached hydrogens (tertiary/aromatic N) is 7. The first-order valence-corrected chi connectivity index (χ1v) is 27.0. The highest BCUT2D eigenvalue weighted by Gasteiger charge is 2.52. The van der Waals surface area contributed by atoms with Crippen LogP contribution < -0.4 is 25.6 Å². The molecule has 21 heteroatoms. The Morgan fingerprint density at radius 2 is 1.73 bits per heavy atom. The minimum absolute atomic E-state index is 0.0179. The van der Waals surface area contributed by atoms with Gasteiger partial charge in [0.2, 0.25) is 17.7 Å². The number of anilines is 2. The van der Waals surface area contributed by atoms with Crippen LogP contribution in [0.25, 0.3) is 32.9 Å². The summed E-state index contributed by atoms with van der Waals surface area (Å²) in [7, 11) is 1.71. The number of carbonyl (C=O) groups is 6. The maximum Gasteiger partial charge on any atom is 0.409 e. The van der Waals surface area contributed by atoms with E-state index in [4.69, 9.17) is 20.9 Å². The van der Waals surface area contributed by atoms with Crippen molar-refractivity contribution in [2.45, 2.75) is 113 Å². The number of terminal acetylenes is 1. The monoisotopic (exact) mass is 1080 g/mol. The van der Waals surface area contributed by atoms with E-state index in [-0.39, 0.29) is 107 Å². The summed E-state index contributed by atoms with van der Waals surface area (Å²) in [5, 5.41) is 20.4. The molecule has 19 nitrogen and oxygen atoms in total. The number of hydrogen-bond donors (Lipinski definition) is 4. The van der Waals surface area contributed by atoms with Crippen LogP contribution in [-0.2, 0) is 19.1 Å². The van der Waals surface area contributed by atoms with Crippen molar-refractivity contribution in [2.75, 3.05) is 56.7 Å². The van der Waals surface area contributed by atoms with Gasteiger partial charge in [0.05, 0.1) is 27.6 Å². The second-order valence-electron chi connectivity index (χ2n) is 21.7. The Hall–Kier alpha value is -8.09. The molecule has 5 saturated heterocycles. The van der Waals surface area contributed by atoms with E-state index in [1.165, 1.54) is 48.7 Å². The molecular weight excluding hydrogens is 1020 g/mol. The number of fused-ring (bicyclic) bond motifs is 6. The number of imide groups is 2. The van der Waals surface area contributed by atoms with Gasteiger partial charge in [-0.15, -0.1) is 6.42 Å². The van der Waals surface area contributed by atoms with Crippen molar-refractivity contribution in [2.24, 2.45) is 0 Å². The van der Waals surface area contributed by atoms with Gasteiger partial charge < -0.3 is 35.0 Å². The van der Waals surface area contributed by atoms with E-state index in [9.17, 15) is 33.9 Å². The molecule has 4 N–H and O–H groups in total. The molecule has 5 aromatic rings. The number of phenolic OH excluding ortho intramolecular Hbond substituents is 1. The molecule has 2 aromatic heterocycles. The molecule has 3 aromatic carbocycles. The number of aromatic nitrogens is 3. The highest BCUT2D eigenvalue weighted by atomic mass is 19.1. The van der Waals surface area contributed by atoms with Gasteiger partial charge in [-0.05, 0) is 93.2 Å². The van der Waals surface area contributed by atoms with Crippen molar-refractivity contribution in [1.29, 1.82) is 0 Å². The number of phenols is 1. The van der Waals surface area contributed by atoms with Gasteiger partial charge in [0.25, 0.3) is 11.8 Å². The van der Waals surface area contributed by atoms with Crippen LogP contribution in [0.5, 0.6) is 11.8 Å². The van der Waals surface area contributed by atoms with Crippen molar-refractivity contribution in [3.05, 3.63) is 89.1 Å². The molecule has 6 amide bonds. The smallest absolute Gasteiger partial charge is 0.409 e. The molecule has 2 bridgehead atoms. The highest BCUT2D eigenvalue weighted by molar-refractivity contribution is 6.24. The molecule has 0 radical (unpaired) electrons. The number of pyridine rings is 1. The van der Waals surface area contributed by atoms with Crippen LogP contribution in [0.1, 0.15) is 110 Å². The number of piperazine rings is 1. The standard InChI is InChI=1S/C58H60F2N10O9/c1-4-39-44(59)16-11-33-22-38(71)24-42(48(33)39)50-49(60)51-43(26-61-50)52(68-28-35-12-13-36(29-68)62-35)66-56(65-51)79-31-58-20-19-37(69(58)27-32(2)25-58)30-78-57(77)67(3)21-9-7-5-6-8-10-46(72)63-34-14-15-40-41(23-34)55(76)70(54(40)75)45-17-18-47(73)64-53(45)74/h1,11,14-16,22-24,26,35-37,45,62,71H,2,5-10,12-13,17-21,25,27-31H2,3H3,(H,63,72)(H,64,73,74)/t35?,36?,37?,45?,58-/m0/s1. The molecule has 79 heavy (non-hydrogen) atoms. The zero-order valence-electron chi connectivity index (χ0n) is 43.7. The second kappa shape index (κ2) is 21.6. The average Bonchev–Trinajstić information content (AvgIpc) is 4.13. The van der Waals surface area contributed by atoms with Crippen LogP contribution in [0.3, 0.4) is 0 Å². The van der Waals surface area contributed by atoms with Gasteiger partial charge in [-0.2, -0.15) is 9.97 Å². The molecular formula is C58H60F2N10O9. The Labute approximate surface area is 454 Å². The molecule has 410 valence electrons. The van der Waals surface area contributed by atoms with Crippen LogP contribution in [0, 0.1) is 24.0 Å². The molecule has 0 aliphatic carbocycles. The van der Waals surface area contributed by atoms with E-state index < -0.39 is 52.9 Å². The lowest BCUT2D eigenvalue weighted by molar-refractivity contribution is -0.136. The highest BCUT2D eigenvalue weighted by Crippen LogP contribution is 2.45. The van der Waals surface area contributed by atoms with Crippen LogP contribution in [0.4, 0.5) is 25.1 Å². The maximum atomic E-state index is 17.2. The SMILES string of the molecule is C#Cc1c(F)ccc2cc(O)cc(-c3ncc4c(N5CC6CCC(C5)N6)nc(OC[C@@]56CCC(COC(=O)N(C)CCCCCCCC(=O)Nc7ccc8c(c7)C(=O)N(C7CCC(=O)NC7=O)C8=O)N5CC(=C)C6)nc4c3F)c12. The molecule has 5 fully saturated rings. The van der Waals surface area contributed by atoms with Crippen molar-refractivity contribution in [3.63, 3.8) is 0 Å². The van der Waals surface area contributed by atoms with Gasteiger partial charge in [-0.1, -0.05) is 43.4 Å². The lowest BCUT2D eigenvalue weighted by Gasteiger charge is -2.35. The van der Waals surface area contributed by atoms with E-state index in [0.29, 0.717) is 61.3 Å². The minimum Gasteiger partial charge on any atom is -0.508 e. The van der Waals surface area contributed by atoms with Crippen LogP contribution in [0.2, 0.25) is 0 Å². The molecule has 6 aliphatic rings. The third-order valence-corrected chi connectivity index (χ3v) is 16.4. The summed E-state index contributed by atoms with van der Waals surface area (Å²) in [6, 6.07) is 9.12.